The molecular formula is C21H16FNO2. The lowest BCUT2D eigenvalue weighted by atomic mass is 10.1. The van der Waals surface area contributed by atoms with Gasteiger partial charge in [-0.15, -0.1) is 0 Å². The largest absolute Gasteiger partial charge is 0.453 e. The minimum atomic E-state index is -0.343. The molecule has 0 radical (unpaired) electrons. The summed E-state index contributed by atoms with van der Waals surface area (Å²) >= 11 is 0. The summed E-state index contributed by atoms with van der Waals surface area (Å²) in [6.45, 7) is 1.88. The number of fused-ring (bicyclic) bond motifs is 2. The lowest BCUT2D eigenvalue weighted by Crippen LogP contribution is -2.14. The zero-order chi connectivity index (χ0) is 17.4. The van der Waals surface area contributed by atoms with E-state index in [9.17, 15) is 9.18 Å². The predicted octanol–water partition coefficient (Wildman–Crippen LogP) is 5.33. The van der Waals surface area contributed by atoms with Crippen LogP contribution in [0.1, 0.15) is 16.1 Å². The van der Waals surface area contributed by atoms with Crippen LogP contribution >= 0.6 is 0 Å². The highest BCUT2D eigenvalue weighted by atomic mass is 19.1. The molecule has 0 aliphatic rings. The number of halogens is 1. The fourth-order valence-corrected chi connectivity index (χ4v) is 3.02. The van der Waals surface area contributed by atoms with Crippen LogP contribution in [0.3, 0.4) is 0 Å². The molecule has 1 heterocycles. The molecule has 0 bridgehead atoms. The Morgan fingerprint density at radius 2 is 1.84 bits per heavy atom. The number of hydrogen-bond acceptors (Lipinski definition) is 3. The van der Waals surface area contributed by atoms with E-state index in [0.29, 0.717) is 16.5 Å². The molecule has 25 heavy (non-hydrogen) atoms. The van der Waals surface area contributed by atoms with Gasteiger partial charge in [0.2, 0.25) is 5.78 Å². The highest BCUT2D eigenvalue weighted by Gasteiger charge is 2.17. The van der Waals surface area contributed by atoms with Crippen LogP contribution < -0.4 is 5.32 Å². The van der Waals surface area contributed by atoms with Crippen molar-refractivity contribution >= 4 is 33.2 Å². The molecule has 1 N–H and O–H groups in total. The molecule has 4 heteroatoms. The predicted molar refractivity (Wildman–Crippen MR) is 97.7 cm³/mol. The van der Waals surface area contributed by atoms with Gasteiger partial charge >= 0.3 is 0 Å². The van der Waals surface area contributed by atoms with Gasteiger partial charge in [-0.25, -0.2) is 4.39 Å². The van der Waals surface area contributed by atoms with Crippen LogP contribution in [0.15, 0.2) is 65.1 Å². The summed E-state index contributed by atoms with van der Waals surface area (Å²) in [6.07, 6.45) is 0. The Hall–Kier alpha value is -3.14. The van der Waals surface area contributed by atoms with E-state index >= 15 is 0 Å². The van der Waals surface area contributed by atoms with Gasteiger partial charge in [-0.05, 0) is 48.0 Å². The topological polar surface area (TPSA) is 42.2 Å². The van der Waals surface area contributed by atoms with Crippen LogP contribution in [0, 0.1) is 12.7 Å². The zero-order valence-electron chi connectivity index (χ0n) is 13.7. The molecule has 1 aromatic heterocycles. The summed E-state index contributed by atoms with van der Waals surface area (Å²) in [5.41, 5.74) is 2.06. The molecule has 0 aliphatic heterocycles. The standard InChI is InChI=1S/C21H16FNO2/c1-13-18-11-16(22)7-9-20(18)25-21(13)19(24)12-23-17-8-6-14-4-2-3-5-15(14)10-17/h2-11,23H,12H2,1H3. The van der Waals surface area contributed by atoms with Crippen LogP contribution in [-0.2, 0) is 0 Å². The first kappa shape index (κ1) is 15.4. The Labute approximate surface area is 144 Å². The van der Waals surface area contributed by atoms with Crippen molar-refractivity contribution in [1.82, 2.24) is 0 Å². The second-order valence-corrected chi connectivity index (χ2v) is 6.04. The smallest absolute Gasteiger partial charge is 0.217 e. The molecule has 0 unspecified atom stereocenters. The van der Waals surface area contributed by atoms with E-state index in [1.807, 2.05) is 42.5 Å². The van der Waals surface area contributed by atoms with Crippen molar-refractivity contribution in [1.29, 1.82) is 0 Å². The number of hydrogen-bond donors (Lipinski definition) is 1. The van der Waals surface area contributed by atoms with Gasteiger partial charge in [0.1, 0.15) is 11.4 Å². The van der Waals surface area contributed by atoms with Crippen molar-refractivity contribution in [2.45, 2.75) is 6.92 Å². The summed E-state index contributed by atoms with van der Waals surface area (Å²) in [6, 6.07) is 18.3. The molecule has 0 spiro atoms. The Bertz CT molecular complexity index is 1100. The summed E-state index contributed by atoms with van der Waals surface area (Å²) in [4.78, 5) is 12.5. The number of aryl methyl sites for hydroxylation is 1. The number of carbonyl (C=O) groups excluding carboxylic acids is 1. The molecule has 3 aromatic carbocycles. The molecule has 124 valence electrons. The van der Waals surface area contributed by atoms with E-state index in [2.05, 4.69) is 5.32 Å². The molecule has 0 amide bonds. The summed E-state index contributed by atoms with van der Waals surface area (Å²) in [7, 11) is 0. The molecule has 4 aromatic rings. The van der Waals surface area contributed by atoms with Gasteiger partial charge in [-0.3, -0.25) is 4.79 Å². The van der Waals surface area contributed by atoms with Gasteiger partial charge in [0.05, 0.1) is 6.54 Å². The molecule has 0 saturated carbocycles. The highest BCUT2D eigenvalue weighted by Crippen LogP contribution is 2.26. The van der Waals surface area contributed by atoms with Gasteiger partial charge in [0.25, 0.3) is 0 Å². The van der Waals surface area contributed by atoms with Gasteiger partial charge < -0.3 is 9.73 Å². The monoisotopic (exact) mass is 333 g/mol. The Kier molecular flexibility index (Phi) is 3.73. The van der Waals surface area contributed by atoms with Gasteiger partial charge in [-0.2, -0.15) is 0 Å². The van der Waals surface area contributed by atoms with Gasteiger partial charge in [0.15, 0.2) is 5.76 Å². The van der Waals surface area contributed by atoms with E-state index < -0.39 is 0 Å². The maximum atomic E-state index is 13.4. The van der Waals surface area contributed by atoms with E-state index in [1.54, 1.807) is 13.0 Å². The zero-order valence-corrected chi connectivity index (χ0v) is 13.7. The molecule has 0 atom stereocenters. The third-order valence-electron chi connectivity index (χ3n) is 4.35. The minimum Gasteiger partial charge on any atom is -0.453 e. The fraction of sp³-hybridized carbons (Fsp3) is 0.0952. The summed E-state index contributed by atoms with van der Waals surface area (Å²) in [5, 5.41) is 6.02. The normalized spacial score (nSPS) is 11.1. The maximum Gasteiger partial charge on any atom is 0.217 e. The second-order valence-electron chi connectivity index (χ2n) is 6.04. The van der Waals surface area contributed by atoms with Gasteiger partial charge in [0, 0.05) is 16.6 Å². The average molecular weight is 333 g/mol. The number of furan rings is 1. The number of anilines is 1. The van der Waals surface area contributed by atoms with Crippen LogP contribution in [0.4, 0.5) is 10.1 Å². The Morgan fingerprint density at radius 3 is 2.68 bits per heavy atom. The molecule has 4 rings (SSSR count). The van der Waals surface area contributed by atoms with Crippen molar-refractivity contribution in [2.24, 2.45) is 0 Å². The van der Waals surface area contributed by atoms with Crippen molar-refractivity contribution in [2.75, 3.05) is 11.9 Å². The number of benzene rings is 3. The average Bonchev–Trinajstić information content (AvgIpc) is 2.96. The van der Waals surface area contributed by atoms with Crippen molar-refractivity contribution in [3.8, 4) is 0 Å². The quantitative estimate of drug-likeness (QED) is 0.513. The lowest BCUT2D eigenvalue weighted by molar-refractivity contribution is 0.0981. The second kappa shape index (κ2) is 6.06. The molecule has 0 saturated heterocycles. The van der Waals surface area contributed by atoms with Crippen molar-refractivity contribution in [3.05, 3.63) is 77.8 Å². The van der Waals surface area contributed by atoms with Gasteiger partial charge in [-0.1, -0.05) is 30.3 Å². The highest BCUT2D eigenvalue weighted by molar-refractivity contribution is 6.02. The lowest BCUT2D eigenvalue weighted by Gasteiger charge is -2.06. The first-order valence-electron chi connectivity index (χ1n) is 8.06. The van der Waals surface area contributed by atoms with Crippen LogP contribution in [0.5, 0.6) is 0 Å². The fourth-order valence-electron chi connectivity index (χ4n) is 3.02. The van der Waals surface area contributed by atoms with Crippen LogP contribution in [-0.4, -0.2) is 12.3 Å². The van der Waals surface area contributed by atoms with E-state index in [-0.39, 0.29) is 23.9 Å². The molecule has 3 nitrogen and oxygen atoms in total. The number of rotatable bonds is 4. The summed E-state index contributed by atoms with van der Waals surface area (Å²) in [5.74, 6) is -0.235. The minimum absolute atomic E-state index is 0.113. The Balaban J connectivity index is 1.56. The van der Waals surface area contributed by atoms with Crippen LogP contribution in [0.2, 0.25) is 0 Å². The van der Waals surface area contributed by atoms with E-state index in [0.717, 1.165) is 16.5 Å². The van der Waals surface area contributed by atoms with Crippen LogP contribution in [0.25, 0.3) is 21.7 Å². The first-order chi connectivity index (χ1) is 12.1. The summed E-state index contributed by atoms with van der Waals surface area (Å²) < 4.78 is 19.0. The number of carbonyl (C=O) groups is 1. The maximum absolute atomic E-state index is 13.4. The van der Waals surface area contributed by atoms with E-state index in [1.165, 1.54) is 12.1 Å². The first-order valence-corrected chi connectivity index (χ1v) is 8.06. The van der Waals surface area contributed by atoms with Crippen molar-refractivity contribution in [3.63, 3.8) is 0 Å². The third kappa shape index (κ3) is 2.87. The number of nitrogens with one attached hydrogen (secondary N) is 1. The number of Topliss-reactive ketones (excluding diaryl/α,β-unsaturated/α-hetero) is 1. The third-order valence-corrected chi connectivity index (χ3v) is 4.35. The van der Waals surface area contributed by atoms with Crippen molar-refractivity contribution < 1.29 is 13.6 Å². The molecule has 0 fully saturated rings. The Morgan fingerprint density at radius 1 is 1.04 bits per heavy atom. The molecule has 0 aliphatic carbocycles. The van der Waals surface area contributed by atoms with E-state index in [4.69, 9.17) is 4.42 Å². The molecular weight excluding hydrogens is 317 g/mol. The SMILES string of the molecule is Cc1c(C(=O)CNc2ccc3ccccc3c2)oc2ccc(F)cc12. The number of ketones is 1.